The average Bonchev–Trinajstić information content (AvgIpc) is 2.99. The summed E-state index contributed by atoms with van der Waals surface area (Å²) in [5.41, 5.74) is 0. The van der Waals surface area contributed by atoms with E-state index in [1.165, 1.54) is 44.9 Å². The van der Waals surface area contributed by atoms with E-state index in [2.05, 4.69) is 26.1 Å². The van der Waals surface area contributed by atoms with E-state index in [1.807, 2.05) is 0 Å². The van der Waals surface area contributed by atoms with Crippen molar-refractivity contribution in [2.75, 3.05) is 0 Å². The van der Waals surface area contributed by atoms with Gasteiger partial charge in [0.05, 0.1) is 0 Å². The van der Waals surface area contributed by atoms with Gasteiger partial charge in [-0.15, -0.1) is 0 Å². The second-order valence-corrected chi connectivity index (χ2v) is 4.84. The van der Waals surface area contributed by atoms with E-state index >= 15 is 0 Å². The van der Waals surface area contributed by atoms with Gasteiger partial charge in [0.2, 0.25) is 0 Å². The third kappa shape index (κ3) is 4.45. The smallest absolute Gasteiger partial charge is 0.00696 e. The van der Waals surface area contributed by atoms with Gasteiger partial charge >= 0.3 is 0 Å². The van der Waals surface area contributed by atoms with Crippen LogP contribution in [0, 0.1) is 5.92 Å². The Bertz CT molecular complexity index is 140. The molecule has 14 heavy (non-hydrogen) atoms. The molecular weight excluding hydrogens is 170 g/mol. The number of nitrogens with one attached hydrogen (secondary N) is 1. The summed E-state index contributed by atoms with van der Waals surface area (Å²) < 4.78 is 0. The van der Waals surface area contributed by atoms with Crippen molar-refractivity contribution in [3.8, 4) is 0 Å². The first-order valence-electron chi connectivity index (χ1n) is 6.56. The highest BCUT2D eigenvalue weighted by molar-refractivity contribution is 4.81. The molecule has 1 aliphatic carbocycles. The van der Waals surface area contributed by atoms with Crippen LogP contribution in [0.1, 0.15) is 65.7 Å². The first kappa shape index (κ1) is 12.0. The summed E-state index contributed by atoms with van der Waals surface area (Å²) >= 11 is 0. The Morgan fingerprint density at radius 2 is 1.71 bits per heavy atom. The fraction of sp³-hybridized carbons (Fsp3) is 1.00. The molecule has 1 heteroatoms. The topological polar surface area (TPSA) is 12.0 Å². The SMILES string of the molecule is CCCC(CC)NC(CC)CC1CC1. The molecule has 0 radical (unpaired) electrons. The Morgan fingerprint density at radius 1 is 1.07 bits per heavy atom. The van der Waals surface area contributed by atoms with Gasteiger partial charge in [-0.2, -0.15) is 0 Å². The summed E-state index contributed by atoms with van der Waals surface area (Å²) in [7, 11) is 0. The van der Waals surface area contributed by atoms with E-state index in [0.29, 0.717) is 0 Å². The van der Waals surface area contributed by atoms with E-state index in [1.54, 1.807) is 0 Å². The van der Waals surface area contributed by atoms with Crippen LogP contribution in [0.15, 0.2) is 0 Å². The van der Waals surface area contributed by atoms with Crippen LogP contribution in [-0.4, -0.2) is 12.1 Å². The van der Waals surface area contributed by atoms with E-state index in [9.17, 15) is 0 Å². The van der Waals surface area contributed by atoms with E-state index in [4.69, 9.17) is 0 Å². The van der Waals surface area contributed by atoms with Gasteiger partial charge in [0, 0.05) is 12.1 Å². The molecule has 0 aromatic rings. The van der Waals surface area contributed by atoms with Crippen LogP contribution in [-0.2, 0) is 0 Å². The summed E-state index contributed by atoms with van der Waals surface area (Å²) in [6.45, 7) is 6.90. The van der Waals surface area contributed by atoms with Crippen LogP contribution in [0.4, 0.5) is 0 Å². The standard InChI is InChI=1S/C13H27N/c1-4-7-12(5-2)14-13(6-3)10-11-8-9-11/h11-14H,4-10H2,1-3H3. The lowest BCUT2D eigenvalue weighted by molar-refractivity contribution is 0.362. The molecule has 0 spiro atoms. The quantitative estimate of drug-likeness (QED) is 0.625. The Balaban J connectivity index is 2.20. The number of hydrogen-bond donors (Lipinski definition) is 1. The average molecular weight is 197 g/mol. The predicted octanol–water partition coefficient (Wildman–Crippen LogP) is 3.73. The van der Waals surface area contributed by atoms with Crippen molar-refractivity contribution in [3.63, 3.8) is 0 Å². The lowest BCUT2D eigenvalue weighted by atomic mass is 10.0. The maximum atomic E-state index is 3.83. The van der Waals surface area contributed by atoms with Gasteiger partial charge in [-0.05, 0) is 31.6 Å². The van der Waals surface area contributed by atoms with E-state index in [0.717, 1.165) is 18.0 Å². The van der Waals surface area contributed by atoms with Crippen LogP contribution < -0.4 is 5.32 Å². The molecule has 1 rings (SSSR count). The van der Waals surface area contributed by atoms with Crippen molar-refractivity contribution in [2.24, 2.45) is 5.92 Å². The van der Waals surface area contributed by atoms with Gasteiger partial charge in [0.25, 0.3) is 0 Å². The lowest BCUT2D eigenvalue weighted by Gasteiger charge is -2.24. The molecule has 0 amide bonds. The third-order valence-corrected chi connectivity index (χ3v) is 3.41. The molecule has 0 aliphatic heterocycles. The molecule has 1 aliphatic rings. The molecule has 2 unspecified atom stereocenters. The minimum atomic E-state index is 0.767. The van der Waals surface area contributed by atoms with Crippen molar-refractivity contribution in [2.45, 2.75) is 77.8 Å². The maximum Gasteiger partial charge on any atom is 0.00696 e. The summed E-state index contributed by atoms with van der Waals surface area (Å²) in [4.78, 5) is 0. The first-order valence-corrected chi connectivity index (χ1v) is 6.56. The Hall–Kier alpha value is -0.0400. The molecule has 0 saturated heterocycles. The van der Waals surface area contributed by atoms with E-state index in [-0.39, 0.29) is 0 Å². The van der Waals surface area contributed by atoms with Crippen molar-refractivity contribution in [1.82, 2.24) is 5.32 Å². The zero-order valence-corrected chi connectivity index (χ0v) is 10.2. The highest BCUT2D eigenvalue weighted by atomic mass is 14.9. The summed E-state index contributed by atoms with van der Waals surface area (Å²) in [5, 5.41) is 3.83. The fourth-order valence-electron chi connectivity index (χ4n) is 2.20. The van der Waals surface area contributed by atoms with Gasteiger partial charge in [-0.3, -0.25) is 0 Å². The molecule has 0 aromatic carbocycles. The van der Waals surface area contributed by atoms with Crippen LogP contribution in [0.5, 0.6) is 0 Å². The maximum absolute atomic E-state index is 3.83. The number of hydrogen-bond acceptors (Lipinski definition) is 1. The summed E-state index contributed by atoms with van der Waals surface area (Å²) in [6.07, 6.45) is 9.65. The minimum absolute atomic E-state index is 0.767. The van der Waals surface area contributed by atoms with Crippen molar-refractivity contribution < 1.29 is 0 Å². The largest absolute Gasteiger partial charge is 0.311 e. The van der Waals surface area contributed by atoms with E-state index < -0.39 is 0 Å². The Kier molecular flexibility index (Phi) is 5.54. The first-order chi connectivity index (χ1) is 6.80. The highest BCUT2D eigenvalue weighted by Gasteiger charge is 2.25. The Labute approximate surface area is 89.7 Å². The molecule has 1 nitrogen and oxygen atoms in total. The highest BCUT2D eigenvalue weighted by Crippen LogP contribution is 2.34. The molecule has 0 bridgehead atoms. The zero-order chi connectivity index (χ0) is 10.4. The van der Waals surface area contributed by atoms with Gasteiger partial charge in [-0.1, -0.05) is 40.0 Å². The van der Waals surface area contributed by atoms with Crippen molar-refractivity contribution in [3.05, 3.63) is 0 Å². The second kappa shape index (κ2) is 6.44. The lowest BCUT2D eigenvalue weighted by Crippen LogP contribution is -2.37. The van der Waals surface area contributed by atoms with Gasteiger partial charge in [0.1, 0.15) is 0 Å². The summed E-state index contributed by atoms with van der Waals surface area (Å²) in [6, 6.07) is 1.56. The molecule has 2 atom stereocenters. The zero-order valence-electron chi connectivity index (χ0n) is 10.2. The monoisotopic (exact) mass is 197 g/mol. The van der Waals surface area contributed by atoms with Crippen LogP contribution in [0.3, 0.4) is 0 Å². The molecular formula is C13H27N. The molecule has 1 saturated carbocycles. The number of rotatable bonds is 8. The van der Waals surface area contributed by atoms with Crippen LogP contribution in [0.25, 0.3) is 0 Å². The van der Waals surface area contributed by atoms with Crippen molar-refractivity contribution in [1.29, 1.82) is 0 Å². The Morgan fingerprint density at radius 3 is 2.14 bits per heavy atom. The minimum Gasteiger partial charge on any atom is -0.311 e. The van der Waals surface area contributed by atoms with Gasteiger partial charge in [0.15, 0.2) is 0 Å². The molecule has 84 valence electrons. The molecule has 1 fully saturated rings. The van der Waals surface area contributed by atoms with Gasteiger partial charge in [-0.25, -0.2) is 0 Å². The van der Waals surface area contributed by atoms with Gasteiger partial charge < -0.3 is 5.32 Å². The molecule has 0 heterocycles. The van der Waals surface area contributed by atoms with Crippen LogP contribution >= 0.6 is 0 Å². The van der Waals surface area contributed by atoms with Crippen LogP contribution in [0.2, 0.25) is 0 Å². The second-order valence-electron chi connectivity index (χ2n) is 4.84. The predicted molar refractivity (Wildman–Crippen MR) is 63.5 cm³/mol. The molecule has 1 N–H and O–H groups in total. The molecule has 0 aromatic heterocycles. The van der Waals surface area contributed by atoms with Crippen molar-refractivity contribution >= 4 is 0 Å². The summed E-state index contributed by atoms with van der Waals surface area (Å²) in [5.74, 6) is 1.06. The normalized spacial score (nSPS) is 20.8. The fourth-order valence-corrected chi connectivity index (χ4v) is 2.20. The third-order valence-electron chi connectivity index (χ3n) is 3.41.